The van der Waals surface area contributed by atoms with Gasteiger partial charge in [-0.15, -0.1) is 0 Å². The van der Waals surface area contributed by atoms with E-state index in [1.54, 1.807) is 0 Å². The van der Waals surface area contributed by atoms with Gasteiger partial charge in [0.05, 0.1) is 5.56 Å². The van der Waals surface area contributed by atoms with E-state index in [0.29, 0.717) is 21.3 Å². The molecule has 1 N–H and O–H groups in total. The van der Waals surface area contributed by atoms with Gasteiger partial charge < -0.3 is 9.73 Å². The average molecular weight is 400 g/mol. The highest BCUT2D eigenvalue weighted by Gasteiger charge is 2.40. The van der Waals surface area contributed by atoms with Crippen LogP contribution in [0.4, 0.5) is 18.9 Å². The van der Waals surface area contributed by atoms with Crippen molar-refractivity contribution in [1.29, 1.82) is 0 Å². The lowest BCUT2D eigenvalue weighted by Gasteiger charge is -2.07. The summed E-state index contributed by atoms with van der Waals surface area (Å²) in [5.74, 6) is -2.40. The third-order valence-corrected chi connectivity index (χ3v) is 3.97. The van der Waals surface area contributed by atoms with E-state index in [1.807, 2.05) is 0 Å². The molecule has 26 heavy (non-hydrogen) atoms. The molecule has 0 saturated heterocycles. The van der Waals surface area contributed by atoms with Gasteiger partial charge in [-0.3, -0.25) is 4.79 Å². The van der Waals surface area contributed by atoms with Gasteiger partial charge in [0.25, 0.3) is 5.91 Å². The second-order valence-electron chi connectivity index (χ2n) is 5.32. The predicted octanol–water partition coefficient (Wildman–Crippen LogP) is 6.52. The molecule has 1 aromatic heterocycles. The Labute approximate surface area is 156 Å². The number of carbonyl (C=O) groups excluding carboxylic acids is 1. The van der Waals surface area contributed by atoms with Gasteiger partial charge in [-0.2, -0.15) is 13.2 Å². The molecule has 0 radical (unpaired) electrons. The Morgan fingerprint density at radius 3 is 2.00 bits per heavy atom. The quantitative estimate of drug-likeness (QED) is 0.544. The molecule has 0 fully saturated rings. The molecule has 1 amide bonds. The number of amides is 1. The van der Waals surface area contributed by atoms with Gasteiger partial charge in [0.2, 0.25) is 5.76 Å². The molecular formula is C18H10Cl2F3NO2. The van der Waals surface area contributed by atoms with Crippen LogP contribution in [-0.4, -0.2) is 5.91 Å². The van der Waals surface area contributed by atoms with Gasteiger partial charge in [-0.1, -0.05) is 23.2 Å². The molecule has 3 aromatic rings. The first-order valence-corrected chi connectivity index (χ1v) is 8.03. The van der Waals surface area contributed by atoms with Crippen LogP contribution in [-0.2, 0) is 6.18 Å². The van der Waals surface area contributed by atoms with Crippen molar-refractivity contribution in [3.8, 4) is 11.3 Å². The molecule has 0 saturated carbocycles. The zero-order valence-electron chi connectivity index (χ0n) is 12.9. The lowest BCUT2D eigenvalue weighted by Crippen LogP contribution is -2.16. The summed E-state index contributed by atoms with van der Waals surface area (Å²) in [6.45, 7) is 0. The number of rotatable bonds is 3. The maximum atomic E-state index is 13.3. The zero-order chi connectivity index (χ0) is 18.9. The van der Waals surface area contributed by atoms with Crippen LogP contribution in [0, 0.1) is 0 Å². The lowest BCUT2D eigenvalue weighted by molar-refractivity contribution is -0.153. The van der Waals surface area contributed by atoms with Crippen LogP contribution in [0.1, 0.15) is 16.1 Å². The van der Waals surface area contributed by atoms with E-state index in [1.165, 1.54) is 48.5 Å². The van der Waals surface area contributed by atoms with Crippen LogP contribution >= 0.6 is 23.2 Å². The summed E-state index contributed by atoms with van der Waals surface area (Å²) in [5.41, 5.74) is 0.0598. The molecule has 8 heteroatoms. The standard InChI is InChI=1S/C18H10Cl2F3NO2/c19-11-3-1-10(2-4-11)15-9-14(16(26-15)18(21,22)23)17(25)24-13-7-5-12(20)6-8-13/h1-9H,(H,24,25). The van der Waals surface area contributed by atoms with Crippen LogP contribution in [0.2, 0.25) is 10.0 Å². The number of anilines is 1. The molecular weight excluding hydrogens is 390 g/mol. The van der Waals surface area contributed by atoms with Gasteiger partial charge in [-0.25, -0.2) is 0 Å². The maximum absolute atomic E-state index is 13.3. The first kappa shape index (κ1) is 18.4. The Morgan fingerprint density at radius 2 is 1.46 bits per heavy atom. The Bertz CT molecular complexity index is 933. The largest absolute Gasteiger partial charge is 0.451 e. The van der Waals surface area contributed by atoms with E-state index in [0.717, 1.165) is 6.07 Å². The number of furan rings is 1. The molecule has 0 aliphatic heterocycles. The molecule has 0 aliphatic rings. The Kier molecular flexibility index (Phi) is 4.98. The van der Waals surface area contributed by atoms with E-state index in [2.05, 4.69) is 5.32 Å². The molecule has 0 aliphatic carbocycles. The van der Waals surface area contributed by atoms with Gasteiger partial charge >= 0.3 is 6.18 Å². The smallest absolute Gasteiger partial charge is 0.450 e. The van der Waals surface area contributed by atoms with E-state index < -0.39 is 23.4 Å². The predicted molar refractivity (Wildman–Crippen MR) is 93.6 cm³/mol. The number of halogens is 5. The number of nitrogens with one attached hydrogen (secondary N) is 1. The van der Waals surface area contributed by atoms with Crippen molar-refractivity contribution in [1.82, 2.24) is 0 Å². The van der Waals surface area contributed by atoms with Gasteiger partial charge in [0.1, 0.15) is 5.76 Å². The first-order chi connectivity index (χ1) is 12.2. The Hall–Kier alpha value is -2.44. The van der Waals surface area contributed by atoms with Crippen LogP contribution in [0.5, 0.6) is 0 Å². The third-order valence-electron chi connectivity index (χ3n) is 3.46. The van der Waals surface area contributed by atoms with Crippen molar-refractivity contribution >= 4 is 34.8 Å². The van der Waals surface area contributed by atoms with Gasteiger partial charge in [0, 0.05) is 21.3 Å². The van der Waals surface area contributed by atoms with Gasteiger partial charge in [0.15, 0.2) is 0 Å². The topological polar surface area (TPSA) is 42.2 Å². The van der Waals surface area contributed by atoms with Gasteiger partial charge in [-0.05, 0) is 54.6 Å². The number of benzene rings is 2. The molecule has 134 valence electrons. The average Bonchev–Trinajstić information content (AvgIpc) is 3.03. The normalized spacial score (nSPS) is 11.4. The molecule has 2 aromatic carbocycles. The lowest BCUT2D eigenvalue weighted by atomic mass is 10.1. The van der Waals surface area contributed by atoms with Crippen LogP contribution < -0.4 is 5.32 Å². The SMILES string of the molecule is O=C(Nc1ccc(Cl)cc1)c1cc(-c2ccc(Cl)cc2)oc1C(F)(F)F. The highest BCUT2D eigenvalue weighted by molar-refractivity contribution is 6.31. The minimum absolute atomic E-state index is 0.0877. The van der Waals surface area contributed by atoms with Crippen molar-refractivity contribution in [2.24, 2.45) is 0 Å². The second-order valence-corrected chi connectivity index (χ2v) is 6.19. The fourth-order valence-corrected chi connectivity index (χ4v) is 2.51. The summed E-state index contributed by atoms with van der Waals surface area (Å²) in [6.07, 6.45) is -4.82. The molecule has 3 rings (SSSR count). The van der Waals surface area contributed by atoms with E-state index in [9.17, 15) is 18.0 Å². The molecule has 3 nitrogen and oxygen atoms in total. The van der Waals surface area contributed by atoms with Crippen molar-refractivity contribution in [2.45, 2.75) is 6.18 Å². The van der Waals surface area contributed by atoms with Crippen LogP contribution in [0.25, 0.3) is 11.3 Å². The number of carbonyl (C=O) groups is 1. The molecule has 0 atom stereocenters. The summed E-state index contributed by atoms with van der Waals surface area (Å²) in [7, 11) is 0. The van der Waals surface area contributed by atoms with E-state index in [4.69, 9.17) is 27.6 Å². The molecule has 1 heterocycles. The zero-order valence-corrected chi connectivity index (χ0v) is 14.4. The first-order valence-electron chi connectivity index (χ1n) is 7.28. The van der Waals surface area contributed by atoms with Crippen LogP contribution in [0.3, 0.4) is 0 Å². The van der Waals surface area contributed by atoms with Crippen molar-refractivity contribution < 1.29 is 22.4 Å². The second kappa shape index (κ2) is 7.05. The molecule has 0 bridgehead atoms. The van der Waals surface area contributed by atoms with E-state index in [-0.39, 0.29) is 5.76 Å². The summed E-state index contributed by atoms with van der Waals surface area (Å²) >= 11 is 11.5. The summed E-state index contributed by atoms with van der Waals surface area (Å²) in [4.78, 5) is 12.3. The van der Waals surface area contributed by atoms with Crippen LogP contribution in [0.15, 0.2) is 59.0 Å². The molecule has 0 spiro atoms. The maximum Gasteiger partial charge on any atom is 0.450 e. The highest BCUT2D eigenvalue weighted by atomic mass is 35.5. The summed E-state index contributed by atoms with van der Waals surface area (Å²) < 4.78 is 44.8. The number of alkyl halides is 3. The Morgan fingerprint density at radius 1 is 0.923 bits per heavy atom. The minimum atomic E-state index is -4.82. The van der Waals surface area contributed by atoms with Crippen molar-refractivity contribution in [3.63, 3.8) is 0 Å². The number of hydrogen-bond donors (Lipinski definition) is 1. The minimum Gasteiger partial charge on any atom is -0.451 e. The molecule has 0 unspecified atom stereocenters. The summed E-state index contributed by atoms with van der Waals surface area (Å²) in [6, 6.07) is 13.1. The highest BCUT2D eigenvalue weighted by Crippen LogP contribution is 2.37. The Balaban J connectivity index is 1.97. The fourth-order valence-electron chi connectivity index (χ4n) is 2.26. The van der Waals surface area contributed by atoms with Crippen molar-refractivity contribution in [3.05, 3.63) is 76.0 Å². The third kappa shape index (κ3) is 4.03. The summed E-state index contributed by atoms with van der Waals surface area (Å²) in [5, 5.41) is 3.26. The monoisotopic (exact) mass is 399 g/mol. The van der Waals surface area contributed by atoms with E-state index >= 15 is 0 Å². The number of hydrogen-bond acceptors (Lipinski definition) is 2. The fraction of sp³-hybridized carbons (Fsp3) is 0.0556. The van der Waals surface area contributed by atoms with Crippen molar-refractivity contribution in [2.75, 3.05) is 5.32 Å².